The Morgan fingerprint density at radius 2 is 1.86 bits per heavy atom. The molecule has 76 valence electrons. The van der Waals surface area contributed by atoms with Crippen LogP contribution in [-0.4, -0.2) is 11.8 Å². The summed E-state index contributed by atoms with van der Waals surface area (Å²) in [6.07, 6.45) is 0.445. The van der Waals surface area contributed by atoms with E-state index < -0.39 is 0 Å². The zero-order valence-corrected chi connectivity index (χ0v) is 8.73. The van der Waals surface area contributed by atoms with Gasteiger partial charge in [0, 0.05) is 6.42 Å². The number of carbonyl (C=O) groups excluding carboxylic acids is 1. The maximum absolute atomic E-state index is 11.6. The summed E-state index contributed by atoms with van der Waals surface area (Å²) in [5.41, 5.74) is 6.79. The second kappa shape index (κ2) is 4.91. The van der Waals surface area contributed by atoms with Gasteiger partial charge in [0.2, 0.25) is 0 Å². The van der Waals surface area contributed by atoms with Crippen LogP contribution in [0.25, 0.3) is 0 Å². The van der Waals surface area contributed by atoms with Crippen molar-refractivity contribution < 1.29 is 4.79 Å². The van der Waals surface area contributed by atoms with E-state index in [0.29, 0.717) is 6.42 Å². The summed E-state index contributed by atoms with van der Waals surface area (Å²) in [5, 5.41) is 0. The molecule has 14 heavy (non-hydrogen) atoms. The van der Waals surface area contributed by atoms with Crippen LogP contribution in [0, 0.1) is 5.92 Å². The van der Waals surface area contributed by atoms with Gasteiger partial charge in [0.05, 0.1) is 6.04 Å². The first-order valence-corrected chi connectivity index (χ1v) is 4.93. The average Bonchev–Trinajstić information content (AvgIpc) is 2.18. The van der Waals surface area contributed by atoms with Crippen molar-refractivity contribution >= 4 is 5.78 Å². The van der Waals surface area contributed by atoms with Crippen molar-refractivity contribution in [2.75, 3.05) is 0 Å². The molecule has 0 saturated carbocycles. The lowest BCUT2D eigenvalue weighted by Crippen LogP contribution is -2.36. The molecule has 1 rings (SSSR count). The third kappa shape index (κ3) is 2.96. The van der Waals surface area contributed by atoms with Gasteiger partial charge < -0.3 is 5.73 Å². The van der Waals surface area contributed by atoms with Gasteiger partial charge in [-0.1, -0.05) is 44.2 Å². The van der Waals surface area contributed by atoms with Gasteiger partial charge in [-0.25, -0.2) is 0 Å². The lowest BCUT2D eigenvalue weighted by molar-refractivity contribution is -0.120. The summed E-state index contributed by atoms with van der Waals surface area (Å²) in [6.45, 7) is 3.93. The number of hydrogen-bond acceptors (Lipinski definition) is 2. The minimum absolute atomic E-state index is 0.117. The lowest BCUT2D eigenvalue weighted by atomic mass is 9.96. The quantitative estimate of drug-likeness (QED) is 0.788. The molecule has 2 heteroatoms. The number of ketones is 1. The first kappa shape index (κ1) is 10.9. The first-order chi connectivity index (χ1) is 6.61. The van der Waals surface area contributed by atoms with Crippen molar-refractivity contribution in [1.29, 1.82) is 0 Å². The second-order valence-corrected chi connectivity index (χ2v) is 3.90. The molecule has 0 radical (unpaired) electrons. The van der Waals surface area contributed by atoms with E-state index in [1.54, 1.807) is 0 Å². The standard InChI is InChI=1S/C12H17NO/c1-9(2)12(13)11(14)8-10-6-4-3-5-7-10/h3-7,9,12H,8,13H2,1-2H3/t12-/m0/s1. The molecule has 2 N–H and O–H groups in total. The molecule has 0 aliphatic heterocycles. The number of benzene rings is 1. The summed E-state index contributed by atoms with van der Waals surface area (Å²) in [7, 11) is 0. The van der Waals surface area contributed by atoms with Crippen LogP contribution in [0.3, 0.4) is 0 Å². The van der Waals surface area contributed by atoms with Crippen molar-refractivity contribution in [2.45, 2.75) is 26.3 Å². The van der Waals surface area contributed by atoms with Crippen LogP contribution >= 0.6 is 0 Å². The molecule has 0 bridgehead atoms. The van der Waals surface area contributed by atoms with Crippen LogP contribution < -0.4 is 5.73 Å². The summed E-state index contributed by atoms with van der Waals surface area (Å²) in [5.74, 6) is 0.331. The minimum Gasteiger partial charge on any atom is -0.321 e. The van der Waals surface area contributed by atoms with Crippen LogP contribution in [0.4, 0.5) is 0 Å². The van der Waals surface area contributed by atoms with Crippen molar-refractivity contribution in [1.82, 2.24) is 0 Å². The van der Waals surface area contributed by atoms with Crippen LogP contribution in [0.15, 0.2) is 30.3 Å². The Morgan fingerprint density at radius 3 is 2.36 bits per heavy atom. The average molecular weight is 191 g/mol. The van der Waals surface area contributed by atoms with Crippen LogP contribution in [0.2, 0.25) is 0 Å². The summed E-state index contributed by atoms with van der Waals surface area (Å²) >= 11 is 0. The number of Topliss-reactive ketones (excluding diaryl/α,β-unsaturated/α-hetero) is 1. The van der Waals surface area contributed by atoms with Crippen molar-refractivity contribution in [3.05, 3.63) is 35.9 Å². The normalized spacial score (nSPS) is 12.9. The molecular weight excluding hydrogens is 174 g/mol. The molecule has 0 aliphatic carbocycles. The Kier molecular flexibility index (Phi) is 3.84. The maximum Gasteiger partial charge on any atom is 0.154 e. The highest BCUT2D eigenvalue weighted by molar-refractivity contribution is 5.86. The van der Waals surface area contributed by atoms with Gasteiger partial charge in [0.15, 0.2) is 5.78 Å². The molecule has 0 unspecified atom stereocenters. The van der Waals surface area contributed by atoms with Crippen molar-refractivity contribution in [3.8, 4) is 0 Å². The fourth-order valence-corrected chi connectivity index (χ4v) is 1.29. The summed E-state index contributed by atoms with van der Waals surface area (Å²) in [4.78, 5) is 11.6. The van der Waals surface area contributed by atoms with Crippen LogP contribution in [0.5, 0.6) is 0 Å². The molecule has 0 heterocycles. The van der Waals surface area contributed by atoms with E-state index in [0.717, 1.165) is 5.56 Å². The molecular formula is C12H17NO. The predicted molar refractivity (Wildman–Crippen MR) is 58.0 cm³/mol. The largest absolute Gasteiger partial charge is 0.321 e. The highest BCUT2D eigenvalue weighted by Crippen LogP contribution is 2.05. The SMILES string of the molecule is CC(C)[C@H](N)C(=O)Cc1ccccc1. The molecule has 0 saturated heterocycles. The smallest absolute Gasteiger partial charge is 0.154 e. The molecule has 2 nitrogen and oxygen atoms in total. The third-order valence-corrected chi connectivity index (χ3v) is 2.31. The minimum atomic E-state index is -0.338. The van der Waals surface area contributed by atoms with Crippen molar-refractivity contribution in [3.63, 3.8) is 0 Å². The van der Waals surface area contributed by atoms with Crippen molar-refractivity contribution in [2.24, 2.45) is 11.7 Å². The Labute approximate surface area is 85.1 Å². The second-order valence-electron chi connectivity index (χ2n) is 3.90. The van der Waals surface area contributed by atoms with E-state index in [4.69, 9.17) is 5.73 Å². The summed E-state index contributed by atoms with van der Waals surface area (Å²) < 4.78 is 0. The number of nitrogens with two attached hydrogens (primary N) is 1. The van der Waals surface area contributed by atoms with Crippen LogP contribution in [-0.2, 0) is 11.2 Å². The topological polar surface area (TPSA) is 43.1 Å². The Morgan fingerprint density at radius 1 is 1.29 bits per heavy atom. The Balaban J connectivity index is 2.58. The molecule has 0 aliphatic rings. The lowest BCUT2D eigenvalue weighted by Gasteiger charge is -2.13. The summed E-state index contributed by atoms with van der Waals surface area (Å²) in [6, 6.07) is 9.37. The van der Waals surface area contributed by atoms with E-state index in [2.05, 4.69) is 0 Å². The monoisotopic (exact) mass is 191 g/mol. The first-order valence-electron chi connectivity index (χ1n) is 4.93. The molecule has 1 aromatic carbocycles. The van der Waals surface area contributed by atoms with Gasteiger partial charge in [-0.3, -0.25) is 4.79 Å². The van der Waals surface area contributed by atoms with Gasteiger partial charge in [-0.15, -0.1) is 0 Å². The Bertz CT molecular complexity index is 292. The van der Waals surface area contributed by atoms with Gasteiger partial charge >= 0.3 is 0 Å². The molecule has 0 fully saturated rings. The van der Waals surface area contributed by atoms with Gasteiger partial charge in [-0.05, 0) is 11.5 Å². The third-order valence-electron chi connectivity index (χ3n) is 2.31. The fourth-order valence-electron chi connectivity index (χ4n) is 1.29. The number of rotatable bonds is 4. The zero-order valence-electron chi connectivity index (χ0n) is 8.73. The van der Waals surface area contributed by atoms with E-state index >= 15 is 0 Å². The molecule has 0 spiro atoms. The Hall–Kier alpha value is -1.15. The number of carbonyl (C=O) groups is 1. The highest BCUT2D eigenvalue weighted by Gasteiger charge is 2.16. The van der Waals surface area contributed by atoms with E-state index in [1.165, 1.54) is 0 Å². The zero-order chi connectivity index (χ0) is 10.6. The van der Waals surface area contributed by atoms with Gasteiger partial charge in [-0.2, -0.15) is 0 Å². The van der Waals surface area contributed by atoms with Gasteiger partial charge in [0.1, 0.15) is 0 Å². The maximum atomic E-state index is 11.6. The van der Waals surface area contributed by atoms with E-state index in [1.807, 2.05) is 44.2 Å². The van der Waals surface area contributed by atoms with Gasteiger partial charge in [0.25, 0.3) is 0 Å². The predicted octanol–water partition coefficient (Wildman–Crippen LogP) is 1.78. The molecule has 0 amide bonds. The molecule has 1 aromatic rings. The van der Waals surface area contributed by atoms with Crippen LogP contribution in [0.1, 0.15) is 19.4 Å². The number of hydrogen-bond donors (Lipinski definition) is 1. The molecule has 1 atom stereocenters. The molecule has 0 aromatic heterocycles. The fraction of sp³-hybridized carbons (Fsp3) is 0.417. The van der Waals surface area contributed by atoms with E-state index in [9.17, 15) is 4.79 Å². The van der Waals surface area contributed by atoms with E-state index in [-0.39, 0.29) is 17.7 Å². The highest BCUT2D eigenvalue weighted by atomic mass is 16.1.